The molecule has 2 aromatic rings. The molecule has 6 heteroatoms. The monoisotopic (exact) mass is 278 g/mol. The molecule has 0 saturated carbocycles. The van der Waals surface area contributed by atoms with Gasteiger partial charge in [0, 0.05) is 7.11 Å². The summed E-state index contributed by atoms with van der Waals surface area (Å²) in [5, 5.41) is 9.95. The highest BCUT2D eigenvalue weighted by atomic mass is 19.1. The minimum Gasteiger partial charge on any atom is -0.493 e. The van der Waals surface area contributed by atoms with Crippen LogP contribution >= 0.6 is 0 Å². The minimum absolute atomic E-state index is 0.0563. The molecule has 0 radical (unpaired) electrons. The number of benzene rings is 1. The molecule has 0 aliphatic heterocycles. The number of rotatable bonds is 4. The average molecular weight is 278 g/mol. The third kappa shape index (κ3) is 2.70. The van der Waals surface area contributed by atoms with Crippen molar-refractivity contribution in [3.63, 3.8) is 0 Å². The van der Waals surface area contributed by atoms with Crippen molar-refractivity contribution in [3.05, 3.63) is 46.3 Å². The average Bonchev–Trinajstić information content (AvgIpc) is 2.39. The molecule has 0 aliphatic carbocycles. The van der Waals surface area contributed by atoms with Gasteiger partial charge in [-0.2, -0.15) is 4.98 Å². The highest BCUT2D eigenvalue weighted by Gasteiger charge is 2.17. The van der Waals surface area contributed by atoms with Crippen molar-refractivity contribution >= 4 is 0 Å². The first-order chi connectivity index (χ1) is 9.56. The molecule has 0 fully saturated rings. The number of aromatic nitrogens is 2. The Morgan fingerprint density at radius 1 is 1.50 bits per heavy atom. The number of aromatic amines is 1. The summed E-state index contributed by atoms with van der Waals surface area (Å²) in [6, 6.07) is 5.41. The van der Waals surface area contributed by atoms with E-state index in [4.69, 9.17) is 4.74 Å². The van der Waals surface area contributed by atoms with Crippen molar-refractivity contribution < 1.29 is 14.2 Å². The molecule has 2 N–H and O–H groups in total. The maximum absolute atomic E-state index is 13.2. The highest BCUT2D eigenvalue weighted by molar-refractivity contribution is 5.67. The number of aromatic hydroxyl groups is 1. The van der Waals surface area contributed by atoms with Gasteiger partial charge in [0.25, 0.3) is 5.56 Å². The summed E-state index contributed by atoms with van der Waals surface area (Å²) in [6.45, 7) is 1.87. The molecule has 2 rings (SSSR count). The lowest BCUT2D eigenvalue weighted by Crippen LogP contribution is -2.17. The van der Waals surface area contributed by atoms with Crippen LogP contribution in [0.4, 0.5) is 4.39 Å². The van der Waals surface area contributed by atoms with Crippen LogP contribution in [0.5, 0.6) is 5.88 Å². The van der Waals surface area contributed by atoms with E-state index >= 15 is 0 Å². The maximum atomic E-state index is 13.2. The van der Waals surface area contributed by atoms with Crippen molar-refractivity contribution in [2.75, 3.05) is 7.11 Å². The molecule has 1 unspecified atom stereocenters. The van der Waals surface area contributed by atoms with E-state index in [1.807, 2.05) is 6.92 Å². The largest absolute Gasteiger partial charge is 0.493 e. The van der Waals surface area contributed by atoms with E-state index < -0.39 is 23.4 Å². The van der Waals surface area contributed by atoms with Gasteiger partial charge in [0.05, 0.1) is 0 Å². The Balaban J connectivity index is 2.55. The number of methoxy groups -OCH3 is 1. The van der Waals surface area contributed by atoms with E-state index in [1.165, 1.54) is 31.4 Å². The number of ether oxygens (including phenoxy) is 1. The molecule has 0 aliphatic rings. The van der Waals surface area contributed by atoms with Gasteiger partial charge < -0.3 is 14.8 Å². The Morgan fingerprint density at radius 3 is 2.80 bits per heavy atom. The van der Waals surface area contributed by atoms with Crippen LogP contribution in [0.3, 0.4) is 0 Å². The zero-order chi connectivity index (χ0) is 14.7. The van der Waals surface area contributed by atoms with Crippen LogP contribution in [-0.4, -0.2) is 22.2 Å². The van der Waals surface area contributed by atoms with Gasteiger partial charge in [-0.15, -0.1) is 0 Å². The standard InChI is InChI=1S/C14H15FN2O3/c1-3-10(20-2)12-16-13(18)11(14(19)17-12)8-5-4-6-9(15)7-8/h4-7,10H,3H2,1-2H3,(H2,16,17,18,19). The number of hydrogen-bond donors (Lipinski definition) is 2. The van der Waals surface area contributed by atoms with Gasteiger partial charge >= 0.3 is 0 Å². The number of hydrogen-bond acceptors (Lipinski definition) is 4. The smallest absolute Gasteiger partial charge is 0.262 e. The Bertz CT molecular complexity index is 666. The van der Waals surface area contributed by atoms with Gasteiger partial charge in [0.1, 0.15) is 23.3 Å². The first-order valence-electron chi connectivity index (χ1n) is 6.18. The lowest BCUT2D eigenvalue weighted by Gasteiger charge is -2.13. The molecule has 20 heavy (non-hydrogen) atoms. The molecule has 0 amide bonds. The van der Waals surface area contributed by atoms with E-state index in [0.717, 1.165) is 0 Å². The van der Waals surface area contributed by atoms with E-state index in [0.29, 0.717) is 6.42 Å². The van der Waals surface area contributed by atoms with Gasteiger partial charge in [0.2, 0.25) is 5.88 Å². The van der Waals surface area contributed by atoms with E-state index in [-0.39, 0.29) is 17.0 Å². The van der Waals surface area contributed by atoms with Crippen molar-refractivity contribution in [1.82, 2.24) is 9.97 Å². The van der Waals surface area contributed by atoms with E-state index in [2.05, 4.69) is 9.97 Å². The minimum atomic E-state index is -0.534. The first-order valence-corrected chi connectivity index (χ1v) is 6.18. The normalized spacial score (nSPS) is 12.3. The summed E-state index contributed by atoms with van der Waals surface area (Å²) in [6.07, 6.45) is 0.188. The predicted molar refractivity (Wildman–Crippen MR) is 72.0 cm³/mol. The lowest BCUT2D eigenvalue weighted by molar-refractivity contribution is 0.0918. The Hall–Kier alpha value is -2.21. The van der Waals surface area contributed by atoms with Crippen LogP contribution in [0, 0.1) is 5.82 Å². The second-order valence-corrected chi connectivity index (χ2v) is 4.29. The van der Waals surface area contributed by atoms with E-state index in [1.54, 1.807) is 0 Å². The van der Waals surface area contributed by atoms with Gasteiger partial charge in [-0.1, -0.05) is 19.1 Å². The van der Waals surface area contributed by atoms with Crippen molar-refractivity contribution in [2.45, 2.75) is 19.4 Å². The molecule has 0 bridgehead atoms. The van der Waals surface area contributed by atoms with Crippen LogP contribution in [0.15, 0.2) is 29.1 Å². The predicted octanol–water partition coefficient (Wildman–Crippen LogP) is 2.38. The Labute approximate surface area is 115 Å². The second-order valence-electron chi connectivity index (χ2n) is 4.29. The van der Waals surface area contributed by atoms with Crippen LogP contribution in [0.1, 0.15) is 25.3 Å². The van der Waals surface area contributed by atoms with Crippen LogP contribution in [0.2, 0.25) is 0 Å². The number of nitrogens with zero attached hydrogens (tertiary/aromatic N) is 1. The van der Waals surface area contributed by atoms with Gasteiger partial charge in [-0.25, -0.2) is 4.39 Å². The van der Waals surface area contributed by atoms with Crippen LogP contribution in [0.25, 0.3) is 11.1 Å². The number of H-pyrrole nitrogens is 1. The molecule has 0 spiro atoms. The quantitative estimate of drug-likeness (QED) is 0.900. The van der Waals surface area contributed by atoms with Crippen molar-refractivity contribution in [2.24, 2.45) is 0 Å². The maximum Gasteiger partial charge on any atom is 0.262 e. The van der Waals surface area contributed by atoms with Crippen LogP contribution in [-0.2, 0) is 4.74 Å². The Kier molecular flexibility index (Phi) is 4.14. The fourth-order valence-corrected chi connectivity index (χ4v) is 2.01. The zero-order valence-corrected chi connectivity index (χ0v) is 11.2. The molecule has 0 saturated heterocycles. The summed E-state index contributed by atoms with van der Waals surface area (Å²) in [7, 11) is 1.49. The fraction of sp³-hybridized carbons (Fsp3) is 0.286. The van der Waals surface area contributed by atoms with E-state index in [9.17, 15) is 14.3 Å². The SMILES string of the molecule is CCC(OC)c1nc(O)c(-c2cccc(F)c2)c(=O)[nH]1. The zero-order valence-electron chi connectivity index (χ0n) is 11.2. The summed E-state index contributed by atoms with van der Waals surface area (Å²) in [5.74, 6) is -0.684. The Morgan fingerprint density at radius 2 is 2.25 bits per heavy atom. The molecule has 5 nitrogen and oxygen atoms in total. The molecule has 1 aromatic carbocycles. The fourth-order valence-electron chi connectivity index (χ4n) is 2.01. The highest BCUT2D eigenvalue weighted by Crippen LogP contribution is 2.26. The van der Waals surface area contributed by atoms with Crippen molar-refractivity contribution in [3.8, 4) is 17.0 Å². The summed E-state index contributed by atoms with van der Waals surface area (Å²) >= 11 is 0. The summed E-state index contributed by atoms with van der Waals surface area (Å²) in [5.41, 5.74) is -0.318. The van der Waals surface area contributed by atoms with Crippen LogP contribution < -0.4 is 5.56 Å². The lowest BCUT2D eigenvalue weighted by atomic mass is 10.1. The molecule has 106 valence electrons. The third-order valence-electron chi connectivity index (χ3n) is 2.99. The topological polar surface area (TPSA) is 75.2 Å². The molecule has 1 aromatic heterocycles. The first kappa shape index (κ1) is 14.2. The van der Waals surface area contributed by atoms with Gasteiger partial charge in [-0.05, 0) is 24.1 Å². The number of halogens is 1. The second kappa shape index (κ2) is 5.83. The third-order valence-corrected chi connectivity index (χ3v) is 2.99. The van der Waals surface area contributed by atoms with Gasteiger partial charge in [0.15, 0.2) is 0 Å². The molecule has 1 atom stereocenters. The molecular weight excluding hydrogens is 263 g/mol. The van der Waals surface area contributed by atoms with Gasteiger partial charge in [-0.3, -0.25) is 4.79 Å². The molecule has 1 heterocycles. The number of nitrogens with one attached hydrogen (secondary N) is 1. The molecular formula is C14H15FN2O3. The van der Waals surface area contributed by atoms with Crippen molar-refractivity contribution in [1.29, 1.82) is 0 Å². The summed E-state index contributed by atoms with van der Waals surface area (Å²) in [4.78, 5) is 18.6. The summed E-state index contributed by atoms with van der Waals surface area (Å²) < 4.78 is 18.4.